The maximum absolute atomic E-state index is 6.20. The van der Waals surface area contributed by atoms with Gasteiger partial charge in [-0.05, 0) is 11.5 Å². The Labute approximate surface area is 102 Å². The van der Waals surface area contributed by atoms with Crippen molar-refractivity contribution >= 4 is 11.0 Å². The smallest absolute Gasteiger partial charge is 0.111 e. The van der Waals surface area contributed by atoms with Crippen molar-refractivity contribution in [2.24, 2.45) is 18.2 Å². The Balaban J connectivity index is 2.34. The largest absolute Gasteiger partial charge is 0.330 e. The Morgan fingerprint density at radius 3 is 2.71 bits per heavy atom. The van der Waals surface area contributed by atoms with Crippen LogP contribution in [0.2, 0.25) is 0 Å². The lowest BCUT2D eigenvalue weighted by Gasteiger charge is -2.26. The number of aryl methyl sites for hydroxylation is 1. The Hall–Kier alpha value is -1.42. The summed E-state index contributed by atoms with van der Waals surface area (Å²) >= 11 is 0. The lowest BCUT2D eigenvalue weighted by atomic mass is 9.85. The van der Waals surface area contributed by atoms with Gasteiger partial charge < -0.3 is 10.3 Å². The van der Waals surface area contributed by atoms with Crippen molar-refractivity contribution in [1.29, 1.82) is 0 Å². The molecular formula is C13H20N4. The molecule has 92 valence electrons. The molecule has 2 aromatic rings. The standard InChI is InChI=1S/C13H20N4/c1-13(2,3)11(14)7-12-16-9-5-6-15-8-10(9)17(12)4/h5-6,8,11H,7,14H2,1-4H3. The first-order chi connectivity index (χ1) is 7.89. The van der Waals surface area contributed by atoms with Crippen LogP contribution >= 0.6 is 0 Å². The van der Waals surface area contributed by atoms with Gasteiger partial charge in [0.2, 0.25) is 0 Å². The normalized spacial score (nSPS) is 14.2. The lowest BCUT2D eigenvalue weighted by molar-refractivity contribution is 0.313. The molecule has 0 bridgehead atoms. The number of rotatable bonds is 2. The molecule has 0 aliphatic carbocycles. The van der Waals surface area contributed by atoms with Gasteiger partial charge in [0.15, 0.2) is 0 Å². The fourth-order valence-electron chi connectivity index (χ4n) is 1.77. The summed E-state index contributed by atoms with van der Waals surface area (Å²) in [5, 5.41) is 0. The predicted octanol–water partition coefficient (Wildman–Crippen LogP) is 1.88. The predicted molar refractivity (Wildman–Crippen MR) is 69.6 cm³/mol. The van der Waals surface area contributed by atoms with Crippen molar-refractivity contribution in [1.82, 2.24) is 14.5 Å². The summed E-state index contributed by atoms with van der Waals surface area (Å²) < 4.78 is 2.08. The topological polar surface area (TPSA) is 56.7 Å². The summed E-state index contributed by atoms with van der Waals surface area (Å²) in [7, 11) is 2.02. The lowest BCUT2D eigenvalue weighted by Crippen LogP contribution is -2.37. The van der Waals surface area contributed by atoms with Crippen molar-refractivity contribution in [3.05, 3.63) is 24.3 Å². The summed E-state index contributed by atoms with van der Waals surface area (Å²) in [6.07, 6.45) is 4.39. The number of pyridine rings is 1. The van der Waals surface area contributed by atoms with Crippen LogP contribution in [0.4, 0.5) is 0 Å². The van der Waals surface area contributed by atoms with Gasteiger partial charge >= 0.3 is 0 Å². The van der Waals surface area contributed by atoms with E-state index >= 15 is 0 Å². The fraction of sp³-hybridized carbons (Fsp3) is 0.538. The molecule has 0 aliphatic heterocycles. The zero-order valence-electron chi connectivity index (χ0n) is 10.9. The second-order valence-corrected chi connectivity index (χ2v) is 5.63. The van der Waals surface area contributed by atoms with Crippen molar-refractivity contribution in [2.75, 3.05) is 0 Å². The zero-order valence-corrected chi connectivity index (χ0v) is 10.9. The number of nitrogens with two attached hydrogens (primary N) is 1. The van der Waals surface area contributed by atoms with Crippen molar-refractivity contribution in [3.63, 3.8) is 0 Å². The first kappa shape index (κ1) is 12.0. The van der Waals surface area contributed by atoms with Gasteiger partial charge in [0.1, 0.15) is 5.82 Å². The van der Waals surface area contributed by atoms with Gasteiger partial charge in [-0.1, -0.05) is 20.8 Å². The molecule has 2 aromatic heterocycles. The fourth-order valence-corrected chi connectivity index (χ4v) is 1.77. The minimum absolute atomic E-state index is 0.0936. The molecule has 4 nitrogen and oxygen atoms in total. The van der Waals surface area contributed by atoms with Gasteiger partial charge in [-0.15, -0.1) is 0 Å². The van der Waals surface area contributed by atoms with Crippen LogP contribution in [0.15, 0.2) is 18.5 Å². The van der Waals surface area contributed by atoms with Gasteiger partial charge in [-0.3, -0.25) is 4.98 Å². The first-order valence-corrected chi connectivity index (χ1v) is 5.90. The van der Waals surface area contributed by atoms with Gasteiger partial charge in [0.25, 0.3) is 0 Å². The average molecular weight is 232 g/mol. The van der Waals surface area contributed by atoms with Crippen LogP contribution in [-0.2, 0) is 13.5 Å². The van der Waals surface area contributed by atoms with Crippen LogP contribution in [-0.4, -0.2) is 20.6 Å². The van der Waals surface area contributed by atoms with E-state index < -0.39 is 0 Å². The Morgan fingerprint density at radius 2 is 2.12 bits per heavy atom. The van der Waals surface area contributed by atoms with E-state index in [4.69, 9.17) is 5.73 Å². The first-order valence-electron chi connectivity index (χ1n) is 5.90. The molecule has 0 amide bonds. The Bertz CT molecular complexity index is 522. The van der Waals surface area contributed by atoms with Crippen LogP contribution in [0.3, 0.4) is 0 Å². The molecule has 0 fully saturated rings. The van der Waals surface area contributed by atoms with E-state index in [2.05, 4.69) is 35.3 Å². The molecule has 2 N–H and O–H groups in total. The van der Waals surface area contributed by atoms with Crippen LogP contribution < -0.4 is 5.73 Å². The summed E-state index contributed by atoms with van der Waals surface area (Å²) in [4.78, 5) is 8.73. The summed E-state index contributed by atoms with van der Waals surface area (Å²) in [6.45, 7) is 6.46. The van der Waals surface area contributed by atoms with E-state index in [0.29, 0.717) is 0 Å². The van der Waals surface area contributed by atoms with Gasteiger partial charge in [-0.2, -0.15) is 0 Å². The van der Waals surface area contributed by atoms with Crippen molar-refractivity contribution in [2.45, 2.75) is 33.2 Å². The van der Waals surface area contributed by atoms with Gasteiger partial charge in [0, 0.05) is 25.7 Å². The zero-order chi connectivity index (χ0) is 12.6. The molecule has 0 saturated carbocycles. The van der Waals surface area contributed by atoms with E-state index in [1.54, 1.807) is 6.20 Å². The maximum Gasteiger partial charge on any atom is 0.111 e. The molecule has 0 saturated heterocycles. The minimum atomic E-state index is 0.0936. The van der Waals surface area contributed by atoms with Crippen molar-refractivity contribution in [3.8, 4) is 0 Å². The molecule has 0 aliphatic rings. The summed E-state index contributed by atoms with van der Waals surface area (Å²) in [5.74, 6) is 1.02. The highest BCUT2D eigenvalue weighted by molar-refractivity contribution is 5.74. The number of hydrogen-bond acceptors (Lipinski definition) is 3. The van der Waals surface area contributed by atoms with Crippen molar-refractivity contribution < 1.29 is 0 Å². The van der Waals surface area contributed by atoms with Gasteiger partial charge in [-0.25, -0.2) is 4.98 Å². The van der Waals surface area contributed by atoms with Crippen LogP contribution in [0.1, 0.15) is 26.6 Å². The average Bonchev–Trinajstić information content (AvgIpc) is 2.55. The Morgan fingerprint density at radius 1 is 1.41 bits per heavy atom. The Kier molecular flexibility index (Phi) is 2.91. The number of fused-ring (bicyclic) bond motifs is 1. The monoisotopic (exact) mass is 232 g/mol. The van der Waals surface area contributed by atoms with Crippen LogP contribution in [0.25, 0.3) is 11.0 Å². The maximum atomic E-state index is 6.20. The second-order valence-electron chi connectivity index (χ2n) is 5.63. The third kappa shape index (κ3) is 2.31. The van der Waals surface area contributed by atoms with E-state index in [-0.39, 0.29) is 11.5 Å². The molecule has 2 heterocycles. The summed E-state index contributed by atoms with van der Waals surface area (Å²) in [6, 6.07) is 2.03. The SMILES string of the molecule is Cn1c(CC(N)C(C)(C)C)nc2ccncc21. The molecule has 4 heteroatoms. The molecule has 2 rings (SSSR count). The number of aromatic nitrogens is 3. The molecular weight excluding hydrogens is 212 g/mol. The van der Waals surface area contributed by atoms with E-state index in [1.807, 2.05) is 19.3 Å². The molecule has 0 radical (unpaired) electrons. The molecule has 1 unspecified atom stereocenters. The van der Waals surface area contributed by atoms with E-state index in [9.17, 15) is 0 Å². The second kappa shape index (κ2) is 4.11. The minimum Gasteiger partial charge on any atom is -0.330 e. The van der Waals surface area contributed by atoms with Crippen LogP contribution in [0.5, 0.6) is 0 Å². The molecule has 1 atom stereocenters. The van der Waals surface area contributed by atoms with E-state index in [1.165, 1.54) is 0 Å². The third-order valence-electron chi connectivity index (χ3n) is 3.29. The number of hydrogen-bond donors (Lipinski definition) is 1. The molecule has 17 heavy (non-hydrogen) atoms. The highest BCUT2D eigenvalue weighted by atomic mass is 15.1. The highest BCUT2D eigenvalue weighted by Gasteiger charge is 2.22. The van der Waals surface area contributed by atoms with E-state index in [0.717, 1.165) is 23.3 Å². The summed E-state index contributed by atoms with van der Waals surface area (Å²) in [5.41, 5.74) is 8.34. The molecule has 0 aromatic carbocycles. The third-order valence-corrected chi connectivity index (χ3v) is 3.29. The number of nitrogens with zero attached hydrogens (tertiary/aromatic N) is 3. The van der Waals surface area contributed by atoms with Gasteiger partial charge in [0.05, 0.1) is 17.2 Å². The number of imidazole rings is 1. The van der Waals surface area contributed by atoms with Crippen LogP contribution in [0, 0.1) is 5.41 Å². The molecule has 0 spiro atoms. The highest BCUT2D eigenvalue weighted by Crippen LogP contribution is 2.22. The quantitative estimate of drug-likeness (QED) is 0.860.